The zero-order valence-corrected chi connectivity index (χ0v) is 15.7. The summed E-state index contributed by atoms with van der Waals surface area (Å²) in [4.78, 5) is 35.4. The third-order valence-electron chi connectivity index (χ3n) is 3.88. The number of rotatable bonds is 9. The summed E-state index contributed by atoms with van der Waals surface area (Å²) in [6.45, 7) is 0.148. The quantitative estimate of drug-likeness (QED) is 0.608. The second-order valence-corrected chi connectivity index (χ2v) is 5.87. The van der Waals surface area contributed by atoms with Gasteiger partial charge in [-0.3, -0.25) is 9.59 Å². The molecule has 0 aliphatic carbocycles. The largest absolute Gasteiger partial charge is 0.493 e. The van der Waals surface area contributed by atoms with Crippen molar-refractivity contribution >= 4 is 23.5 Å². The number of carbonyl (C=O) groups is 3. The number of hydrogen-bond acceptors (Lipinski definition) is 5. The zero-order chi connectivity index (χ0) is 20.5. The van der Waals surface area contributed by atoms with Crippen LogP contribution < -0.4 is 20.1 Å². The van der Waals surface area contributed by atoms with E-state index in [1.807, 2.05) is 30.3 Å². The van der Waals surface area contributed by atoms with Crippen molar-refractivity contribution in [3.05, 3.63) is 53.6 Å². The Morgan fingerprint density at radius 3 is 2.32 bits per heavy atom. The Bertz CT molecular complexity index is 851. The summed E-state index contributed by atoms with van der Waals surface area (Å²) in [5.41, 5.74) is 1.01. The lowest BCUT2D eigenvalue weighted by molar-refractivity contribution is -0.120. The number of benzene rings is 2. The molecule has 8 nitrogen and oxygen atoms in total. The highest BCUT2D eigenvalue weighted by atomic mass is 16.5. The standard InChI is InChI=1S/C20H22N2O6/c1-27-16-12-14(20(25)26)11-15(19(16)28-2)22-17(23)8-9-21-18(24)10-13-6-4-3-5-7-13/h3-7,11-12H,8-10H2,1-2H3,(H,21,24)(H,22,23)(H,25,26). The van der Waals surface area contributed by atoms with Gasteiger partial charge in [-0.2, -0.15) is 0 Å². The number of ether oxygens (including phenoxy) is 2. The van der Waals surface area contributed by atoms with E-state index in [0.717, 1.165) is 5.56 Å². The van der Waals surface area contributed by atoms with E-state index in [-0.39, 0.29) is 48.0 Å². The Morgan fingerprint density at radius 1 is 1.00 bits per heavy atom. The molecule has 0 saturated carbocycles. The van der Waals surface area contributed by atoms with Gasteiger partial charge >= 0.3 is 5.97 Å². The molecule has 0 aliphatic heterocycles. The minimum Gasteiger partial charge on any atom is -0.493 e. The van der Waals surface area contributed by atoms with Crippen molar-refractivity contribution < 1.29 is 29.0 Å². The summed E-state index contributed by atoms with van der Waals surface area (Å²) in [5, 5.41) is 14.5. The molecule has 2 aromatic rings. The van der Waals surface area contributed by atoms with Crippen LogP contribution in [-0.4, -0.2) is 43.7 Å². The van der Waals surface area contributed by atoms with Crippen molar-refractivity contribution in [2.75, 3.05) is 26.1 Å². The fourth-order valence-electron chi connectivity index (χ4n) is 2.55. The molecule has 0 spiro atoms. The summed E-state index contributed by atoms with van der Waals surface area (Å²) in [7, 11) is 2.76. The molecule has 0 atom stereocenters. The molecule has 0 aliphatic rings. The molecular weight excluding hydrogens is 364 g/mol. The smallest absolute Gasteiger partial charge is 0.335 e. The lowest BCUT2D eigenvalue weighted by atomic mass is 10.1. The first-order chi connectivity index (χ1) is 13.4. The molecule has 0 aromatic heterocycles. The highest BCUT2D eigenvalue weighted by Gasteiger charge is 2.17. The van der Waals surface area contributed by atoms with E-state index in [2.05, 4.69) is 10.6 Å². The molecular formula is C20H22N2O6. The minimum atomic E-state index is -1.16. The summed E-state index contributed by atoms with van der Waals surface area (Å²) >= 11 is 0. The third kappa shape index (κ3) is 5.73. The molecule has 28 heavy (non-hydrogen) atoms. The number of carboxylic acid groups (broad SMARTS) is 1. The second kappa shape index (κ2) is 9.96. The van der Waals surface area contributed by atoms with Crippen molar-refractivity contribution in [1.29, 1.82) is 0 Å². The average molecular weight is 386 g/mol. The fourth-order valence-corrected chi connectivity index (χ4v) is 2.55. The van der Waals surface area contributed by atoms with Crippen molar-refractivity contribution in [3.63, 3.8) is 0 Å². The van der Waals surface area contributed by atoms with Gasteiger partial charge < -0.3 is 25.2 Å². The van der Waals surface area contributed by atoms with Crippen molar-refractivity contribution in [1.82, 2.24) is 5.32 Å². The first kappa shape index (κ1) is 20.8. The predicted octanol–water partition coefficient (Wildman–Crippen LogP) is 2.09. The monoisotopic (exact) mass is 386 g/mol. The van der Waals surface area contributed by atoms with Crippen LogP contribution in [0.1, 0.15) is 22.3 Å². The van der Waals surface area contributed by atoms with Crippen LogP contribution >= 0.6 is 0 Å². The van der Waals surface area contributed by atoms with Gasteiger partial charge in [0, 0.05) is 13.0 Å². The number of amides is 2. The second-order valence-electron chi connectivity index (χ2n) is 5.87. The molecule has 0 unspecified atom stereocenters. The molecule has 3 N–H and O–H groups in total. The van der Waals surface area contributed by atoms with Gasteiger partial charge in [-0.05, 0) is 17.7 Å². The van der Waals surface area contributed by atoms with Crippen LogP contribution in [0, 0.1) is 0 Å². The van der Waals surface area contributed by atoms with Crippen LogP contribution in [0.4, 0.5) is 5.69 Å². The van der Waals surface area contributed by atoms with E-state index in [1.165, 1.54) is 26.4 Å². The summed E-state index contributed by atoms with van der Waals surface area (Å²) in [6, 6.07) is 11.9. The minimum absolute atomic E-state index is 0.0172. The molecule has 0 fully saturated rings. The van der Waals surface area contributed by atoms with Gasteiger partial charge in [0.2, 0.25) is 11.8 Å². The number of carboxylic acids is 1. The summed E-state index contributed by atoms with van der Waals surface area (Å²) < 4.78 is 10.3. The summed E-state index contributed by atoms with van der Waals surface area (Å²) in [5.74, 6) is -1.35. The van der Waals surface area contributed by atoms with Crippen molar-refractivity contribution in [2.45, 2.75) is 12.8 Å². The molecule has 2 amide bonds. The Balaban J connectivity index is 1.94. The van der Waals surface area contributed by atoms with E-state index >= 15 is 0 Å². The van der Waals surface area contributed by atoms with E-state index in [4.69, 9.17) is 9.47 Å². The number of nitrogens with one attached hydrogen (secondary N) is 2. The molecule has 8 heteroatoms. The van der Waals surface area contributed by atoms with Gasteiger partial charge in [0.1, 0.15) is 0 Å². The number of aromatic carboxylic acids is 1. The van der Waals surface area contributed by atoms with Gasteiger partial charge in [0.25, 0.3) is 0 Å². The number of methoxy groups -OCH3 is 2. The Labute approximate surface area is 162 Å². The van der Waals surface area contributed by atoms with Crippen LogP contribution in [0.15, 0.2) is 42.5 Å². The van der Waals surface area contributed by atoms with E-state index < -0.39 is 11.9 Å². The highest BCUT2D eigenvalue weighted by Crippen LogP contribution is 2.36. The predicted molar refractivity (Wildman–Crippen MR) is 103 cm³/mol. The van der Waals surface area contributed by atoms with Gasteiger partial charge in [-0.1, -0.05) is 30.3 Å². The number of carbonyl (C=O) groups excluding carboxylic acids is 2. The normalized spacial score (nSPS) is 10.1. The lowest BCUT2D eigenvalue weighted by Crippen LogP contribution is -2.29. The summed E-state index contributed by atoms with van der Waals surface area (Å²) in [6.07, 6.45) is 0.247. The van der Waals surface area contributed by atoms with Crippen LogP contribution in [-0.2, 0) is 16.0 Å². The SMILES string of the molecule is COc1cc(C(=O)O)cc(NC(=O)CCNC(=O)Cc2ccccc2)c1OC. The van der Waals surface area contributed by atoms with Crippen LogP contribution in [0.2, 0.25) is 0 Å². The van der Waals surface area contributed by atoms with Crippen molar-refractivity contribution in [3.8, 4) is 11.5 Å². The van der Waals surface area contributed by atoms with E-state index in [1.54, 1.807) is 0 Å². The van der Waals surface area contributed by atoms with Gasteiger partial charge in [-0.15, -0.1) is 0 Å². The fraction of sp³-hybridized carbons (Fsp3) is 0.250. The Hall–Kier alpha value is -3.55. The third-order valence-corrected chi connectivity index (χ3v) is 3.88. The zero-order valence-electron chi connectivity index (χ0n) is 15.7. The Kier molecular flexibility index (Phi) is 7.38. The first-order valence-electron chi connectivity index (χ1n) is 8.54. The van der Waals surface area contributed by atoms with Crippen LogP contribution in [0.3, 0.4) is 0 Å². The van der Waals surface area contributed by atoms with Gasteiger partial charge in [-0.25, -0.2) is 4.79 Å². The topological polar surface area (TPSA) is 114 Å². The number of hydrogen-bond donors (Lipinski definition) is 3. The van der Waals surface area contributed by atoms with Crippen molar-refractivity contribution in [2.24, 2.45) is 0 Å². The molecule has 0 radical (unpaired) electrons. The average Bonchev–Trinajstić information content (AvgIpc) is 2.67. The maximum atomic E-state index is 12.2. The first-order valence-corrected chi connectivity index (χ1v) is 8.54. The number of anilines is 1. The maximum absolute atomic E-state index is 12.2. The molecule has 0 heterocycles. The molecule has 0 saturated heterocycles. The van der Waals surface area contributed by atoms with Gasteiger partial charge in [0.15, 0.2) is 11.5 Å². The van der Waals surface area contributed by atoms with E-state index in [0.29, 0.717) is 0 Å². The molecule has 0 bridgehead atoms. The van der Waals surface area contributed by atoms with Crippen LogP contribution in [0.25, 0.3) is 0 Å². The maximum Gasteiger partial charge on any atom is 0.335 e. The lowest BCUT2D eigenvalue weighted by Gasteiger charge is -2.15. The van der Waals surface area contributed by atoms with Gasteiger partial charge in [0.05, 0.1) is 31.9 Å². The van der Waals surface area contributed by atoms with E-state index in [9.17, 15) is 19.5 Å². The van der Waals surface area contributed by atoms with Crippen LogP contribution in [0.5, 0.6) is 11.5 Å². The molecule has 148 valence electrons. The highest BCUT2D eigenvalue weighted by molar-refractivity contribution is 5.97. The molecule has 2 rings (SSSR count). The Morgan fingerprint density at radius 2 is 1.71 bits per heavy atom. The molecule has 2 aromatic carbocycles.